The average Bonchev–Trinajstić information content (AvgIpc) is 2.38. The molecule has 1 atom stereocenters. The van der Waals surface area contributed by atoms with Crippen molar-refractivity contribution in [2.75, 3.05) is 19.6 Å². The normalized spacial score (nSPS) is 29.4. The van der Waals surface area contributed by atoms with Gasteiger partial charge in [-0.2, -0.15) is 0 Å². The molecule has 1 saturated carbocycles. The summed E-state index contributed by atoms with van der Waals surface area (Å²) in [5, 5.41) is 3.70. The molecule has 1 heterocycles. The van der Waals surface area contributed by atoms with Crippen molar-refractivity contribution in [2.24, 2.45) is 0 Å². The summed E-state index contributed by atoms with van der Waals surface area (Å²) in [5.74, 6) is 0. The molecule has 1 saturated heterocycles. The molecule has 2 fully saturated rings. The third-order valence-electron chi connectivity index (χ3n) is 4.23. The molecule has 2 rings (SSSR count). The van der Waals surface area contributed by atoms with Crippen molar-refractivity contribution in [3.05, 3.63) is 0 Å². The standard InChI is InChI=1S/C14H28N2/c1-2-10-15-13-7-6-11-16(12-13)14-8-4-3-5-9-14/h13-15H,2-12H2,1H3. The third kappa shape index (κ3) is 3.46. The highest BCUT2D eigenvalue weighted by molar-refractivity contribution is 4.84. The summed E-state index contributed by atoms with van der Waals surface area (Å²) in [4.78, 5) is 2.77. The van der Waals surface area contributed by atoms with E-state index in [1.807, 2.05) is 0 Å². The lowest BCUT2D eigenvalue weighted by atomic mass is 9.92. The fourth-order valence-corrected chi connectivity index (χ4v) is 3.30. The minimum absolute atomic E-state index is 0.774. The highest BCUT2D eigenvalue weighted by Gasteiger charge is 2.26. The largest absolute Gasteiger partial charge is 0.313 e. The maximum absolute atomic E-state index is 3.70. The molecular weight excluding hydrogens is 196 g/mol. The number of nitrogens with zero attached hydrogens (tertiary/aromatic N) is 1. The summed E-state index contributed by atoms with van der Waals surface area (Å²) in [6.07, 6.45) is 11.4. The molecule has 0 aromatic heterocycles. The summed E-state index contributed by atoms with van der Waals surface area (Å²) < 4.78 is 0. The Bertz CT molecular complexity index is 187. The molecule has 2 aliphatic rings. The Morgan fingerprint density at radius 3 is 2.62 bits per heavy atom. The molecule has 1 N–H and O–H groups in total. The lowest BCUT2D eigenvalue weighted by Crippen LogP contribution is -2.50. The van der Waals surface area contributed by atoms with Crippen LogP contribution < -0.4 is 5.32 Å². The maximum atomic E-state index is 3.70. The molecule has 1 aliphatic carbocycles. The van der Waals surface area contributed by atoms with Crippen LogP contribution in [-0.4, -0.2) is 36.6 Å². The van der Waals surface area contributed by atoms with Crippen molar-refractivity contribution in [3.8, 4) is 0 Å². The maximum Gasteiger partial charge on any atom is 0.0195 e. The van der Waals surface area contributed by atoms with Crippen LogP contribution in [0.15, 0.2) is 0 Å². The van der Waals surface area contributed by atoms with Crippen LogP contribution in [-0.2, 0) is 0 Å². The van der Waals surface area contributed by atoms with Crippen LogP contribution in [0.4, 0.5) is 0 Å². The Balaban J connectivity index is 1.76. The van der Waals surface area contributed by atoms with Gasteiger partial charge in [0.05, 0.1) is 0 Å². The van der Waals surface area contributed by atoms with E-state index < -0.39 is 0 Å². The van der Waals surface area contributed by atoms with Gasteiger partial charge in [0.15, 0.2) is 0 Å². The van der Waals surface area contributed by atoms with Crippen LogP contribution >= 0.6 is 0 Å². The van der Waals surface area contributed by atoms with Crippen LogP contribution in [0.1, 0.15) is 58.3 Å². The highest BCUT2D eigenvalue weighted by Crippen LogP contribution is 2.25. The van der Waals surface area contributed by atoms with Crippen LogP contribution in [0.2, 0.25) is 0 Å². The third-order valence-corrected chi connectivity index (χ3v) is 4.23. The van der Waals surface area contributed by atoms with Gasteiger partial charge in [-0.25, -0.2) is 0 Å². The van der Waals surface area contributed by atoms with Crippen molar-refractivity contribution >= 4 is 0 Å². The van der Waals surface area contributed by atoms with Crippen molar-refractivity contribution in [1.82, 2.24) is 10.2 Å². The predicted molar refractivity (Wildman–Crippen MR) is 69.8 cm³/mol. The zero-order valence-electron chi connectivity index (χ0n) is 10.9. The number of likely N-dealkylation sites (tertiary alicyclic amines) is 1. The van der Waals surface area contributed by atoms with Gasteiger partial charge in [0, 0.05) is 18.6 Å². The first-order valence-corrected chi connectivity index (χ1v) is 7.37. The Hall–Kier alpha value is -0.0800. The summed E-state index contributed by atoms with van der Waals surface area (Å²) in [6, 6.07) is 1.69. The number of piperidine rings is 1. The molecule has 1 unspecified atom stereocenters. The van der Waals surface area contributed by atoms with E-state index in [0.29, 0.717) is 0 Å². The molecule has 0 aromatic rings. The van der Waals surface area contributed by atoms with E-state index in [1.54, 1.807) is 0 Å². The zero-order chi connectivity index (χ0) is 11.2. The molecule has 2 heteroatoms. The van der Waals surface area contributed by atoms with Crippen LogP contribution in [0.25, 0.3) is 0 Å². The molecule has 0 amide bonds. The Morgan fingerprint density at radius 2 is 1.88 bits per heavy atom. The van der Waals surface area contributed by atoms with E-state index in [0.717, 1.165) is 12.1 Å². The van der Waals surface area contributed by atoms with E-state index >= 15 is 0 Å². The number of nitrogens with one attached hydrogen (secondary N) is 1. The van der Waals surface area contributed by atoms with Gasteiger partial charge in [-0.15, -0.1) is 0 Å². The van der Waals surface area contributed by atoms with Gasteiger partial charge in [0.1, 0.15) is 0 Å². The monoisotopic (exact) mass is 224 g/mol. The Labute approximate surface area is 101 Å². The fraction of sp³-hybridized carbons (Fsp3) is 1.00. The van der Waals surface area contributed by atoms with Crippen molar-refractivity contribution in [2.45, 2.75) is 70.4 Å². The zero-order valence-corrected chi connectivity index (χ0v) is 10.9. The smallest absolute Gasteiger partial charge is 0.0195 e. The topological polar surface area (TPSA) is 15.3 Å². The Morgan fingerprint density at radius 1 is 1.06 bits per heavy atom. The van der Waals surface area contributed by atoms with E-state index in [2.05, 4.69) is 17.1 Å². The molecule has 0 bridgehead atoms. The second-order valence-electron chi connectivity index (χ2n) is 5.58. The summed E-state index contributed by atoms with van der Waals surface area (Å²) in [7, 11) is 0. The quantitative estimate of drug-likeness (QED) is 0.790. The molecular formula is C14H28N2. The first-order valence-electron chi connectivity index (χ1n) is 7.37. The van der Waals surface area contributed by atoms with Gasteiger partial charge in [-0.3, -0.25) is 4.90 Å². The minimum atomic E-state index is 0.774. The van der Waals surface area contributed by atoms with Gasteiger partial charge < -0.3 is 5.32 Å². The first kappa shape index (κ1) is 12.4. The van der Waals surface area contributed by atoms with Gasteiger partial charge >= 0.3 is 0 Å². The second kappa shape index (κ2) is 6.61. The fourth-order valence-electron chi connectivity index (χ4n) is 3.30. The lowest BCUT2D eigenvalue weighted by Gasteiger charge is -2.40. The van der Waals surface area contributed by atoms with E-state index in [9.17, 15) is 0 Å². The van der Waals surface area contributed by atoms with Crippen molar-refractivity contribution in [3.63, 3.8) is 0 Å². The van der Waals surface area contributed by atoms with Gasteiger partial charge in [-0.05, 0) is 45.2 Å². The van der Waals surface area contributed by atoms with E-state index in [1.165, 1.54) is 71.0 Å². The molecule has 94 valence electrons. The highest BCUT2D eigenvalue weighted by atomic mass is 15.2. The van der Waals surface area contributed by atoms with Gasteiger partial charge in [0.25, 0.3) is 0 Å². The average molecular weight is 224 g/mol. The first-order chi connectivity index (χ1) is 7.90. The SMILES string of the molecule is CCCNC1CCCN(C2CCCCC2)C1. The van der Waals surface area contributed by atoms with Gasteiger partial charge in [0.2, 0.25) is 0 Å². The lowest BCUT2D eigenvalue weighted by molar-refractivity contribution is 0.110. The van der Waals surface area contributed by atoms with Crippen LogP contribution in [0.5, 0.6) is 0 Å². The molecule has 16 heavy (non-hydrogen) atoms. The summed E-state index contributed by atoms with van der Waals surface area (Å²) >= 11 is 0. The van der Waals surface area contributed by atoms with Gasteiger partial charge in [-0.1, -0.05) is 26.2 Å². The number of rotatable bonds is 4. The molecule has 0 aromatic carbocycles. The van der Waals surface area contributed by atoms with Crippen molar-refractivity contribution in [1.29, 1.82) is 0 Å². The predicted octanol–water partition coefficient (Wildman–Crippen LogP) is 2.78. The molecule has 0 radical (unpaired) electrons. The molecule has 1 aliphatic heterocycles. The van der Waals surface area contributed by atoms with Crippen LogP contribution in [0, 0.1) is 0 Å². The molecule has 2 nitrogen and oxygen atoms in total. The number of hydrogen-bond donors (Lipinski definition) is 1. The van der Waals surface area contributed by atoms with Crippen LogP contribution in [0.3, 0.4) is 0 Å². The van der Waals surface area contributed by atoms with E-state index in [-0.39, 0.29) is 0 Å². The second-order valence-corrected chi connectivity index (χ2v) is 5.58. The van der Waals surface area contributed by atoms with E-state index in [4.69, 9.17) is 0 Å². The Kier molecular flexibility index (Phi) is 5.11. The minimum Gasteiger partial charge on any atom is -0.313 e. The number of hydrogen-bond acceptors (Lipinski definition) is 2. The van der Waals surface area contributed by atoms with Crippen molar-refractivity contribution < 1.29 is 0 Å². The molecule has 0 spiro atoms. The summed E-state index contributed by atoms with van der Waals surface area (Å²) in [5.41, 5.74) is 0. The summed E-state index contributed by atoms with van der Waals surface area (Å²) in [6.45, 7) is 6.12.